The van der Waals surface area contributed by atoms with Crippen LogP contribution in [-0.4, -0.2) is 33.9 Å². The summed E-state index contributed by atoms with van der Waals surface area (Å²) in [5.74, 6) is 0.932. The zero-order valence-electron chi connectivity index (χ0n) is 14.1. The number of β-amino-alcohol motifs (C(OH)–C–C–N with tert-alkyl or cyclic N) is 1. The lowest BCUT2D eigenvalue weighted by Crippen LogP contribution is -2.22. The summed E-state index contributed by atoms with van der Waals surface area (Å²) in [7, 11) is 0. The van der Waals surface area contributed by atoms with Crippen LogP contribution >= 0.6 is 24.8 Å². The molecule has 2 atom stereocenters. The van der Waals surface area contributed by atoms with Crippen LogP contribution in [0.4, 0.5) is 0 Å². The van der Waals surface area contributed by atoms with Gasteiger partial charge in [-0.3, -0.25) is 0 Å². The number of hydrogen-bond acceptors (Lipinski definition) is 3. The van der Waals surface area contributed by atoms with Crippen LogP contribution < -0.4 is 5.32 Å². The first kappa shape index (κ1) is 18.9. The SMILES string of the molecule is Cl.Cl.O[C@H]1CNC[C@H]1n1ccnc1-c1ccc2c(c1)Cc1ccccc1-2. The molecule has 26 heavy (non-hydrogen) atoms. The average molecular weight is 390 g/mol. The quantitative estimate of drug-likeness (QED) is 0.551. The fourth-order valence-electron chi connectivity index (χ4n) is 4.02. The second-order valence-electron chi connectivity index (χ2n) is 6.66. The first-order valence-electron chi connectivity index (χ1n) is 8.44. The topological polar surface area (TPSA) is 50.1 Å². The normalized spacial score (nSPS) is 20.0. The molecular formula is C20H21Cl2N3O. The van der Waals surface area contributed by atoms with Gasteiger partial charge >= 0.3 is 0 Å². The number of fused-ring (bicyclic) bond motifs is 3. The van der Waals surface area contributed by atoms with Gasteiger partial charge in [-0.05, 0) is 34.7 Å². The van der Waals surface area contributed by atoms with E-state index in [2.05, 4.69) is 57.3 Å². The number of aromatic nitrogens is 2. The summed E-state index contributed by atoms with van der Waals surface area (Å²) in [6, 6.07) is 15.3. The van der Waals surface area contributed by atoms with Gasteiger partial charge in [0.2, 0.25) is 0 Å². The number of imidazole rings is 1. The molecule has 3 aromatic rings. The lowest BCUT2D eigenvalue weighted by molar-refractivity contribution is 0.151. The van der Waals surface area contributed by atoms with Gasteiger partial charge in [0.25, 0.3) is 0 Å². The Morgan fingerprint density at radius 1 is 1.00 bits per heavy atom. The second kappa shape index (κ2) is 7.41. The molecule has 4 nitrogen and oxygen atoms in total. The highest BCUT2D eigenvalue weighted by Gasteiger charge is 2.28. The first-order chi connectivity index (χ1) is 11.8. The van der Waals surface area contributed by atoms with E-state index in [-0.39, 0.29) is 37.0 Å². The largest absolute Gasteiger partial charge is 0.390 e. The summed E-state index contributed by atoms with van der Waals surface area (Å²) in [5, 5.41) is 13.4. The maximum absolute atomic E-state index is 10.2. The van der Waals surface area contributed by atoms with Crippen molar-refractivity contribution in [3.8, 4) is 22.5 Å². The number of benzene rings is 2. The molecule has 0 spiro atoms. The zero-order chi connectivity index (χ0) is 16.1. The third-order valence-corrected chi connectivity index (χ3v) is 5.23. The highest BCUT2D eigenvalue weighted by atomic mass is 35.5. The summed E-state index contributed by atoms with van der Waals surface area (Å²) < 4.78 is 2.11. The number of hydrogen-bond donors (Lipinski definition) is 2. The molecule has 0 unspecified atom stereocenters. The lowest BCUT2D eigenvalue weighted by Gasteiger charge is -2.18. The predicted molar refractivity (Wildman–Crippen MR) is 108 cm³/mol. The number of aliphatic hydroxyl groups is 1. The summed E-state index contributed by atoms with van der Waals surface area (Å²) in [6.07, 6.45) is 4.41. The summed E-state index contributed by atoms with van der Waals surface area (Å²) in [6.45, 7) is 1.42. The van der Waals surface area contributed by atoms with Crippen molar-refractivity contribution in [1.29, 1.82) is 0 Å². The molecule has 1 aliphatic carbocycles. The van der Waals surface area contributed by atoms with Gasteiger partial charge in [0, 0.05) is 31.0 Å². The minimum atomic E-state index is -0.364. The standard InChI is InChI=1S/C20H19N3O.2ClH/c24-19-12-21-11-18(19)23-8-7-22-20(23)14-5-6-17-15(10-14)9-13-3-1-2-4-16(13)17;;/h1-8,10,18-19,21,24H,9,11-12H2;2*1H/t18-,19+;;/m1../s1. The van der Waals surface area contributed by atoms with Gasteiger partial charge in [0.1, 0.15) is 5.82 Å². The highest BCUT2D eigenvalue weighted by molar-refractivity contribution is 5.85. The monoisotopic (exact) mass is 389 g/mol. The number of nitrogens with zero attached hydrogens (tertiary/aromatic N) is 2. The fourth-order valence-corrected chi connectivity index (χ4v) is 4.02. The van der Waals surface area contributed by atoms with Crippen molar-refractivity contribution in [1.82, 2.24) is 14.9 Å². The zero-order valence-corrected chi connectivity index (χ0v) is 15.8. The Hall–Kier alpha value is -1.85. The Morgan fingerprint density at radius 3 is 2.62 bits per heavy atom. The van der Waals surface area contributed by atoms with Gasteiger partial charge in [-0.15, -0.1) is 24.8 Å². The molecule has 2 N–H and O–H groups in total. The Kier molecular flexibility index (Phi) is 5.39. The summed E-state index contributed by atoms with van der Waals surface area (Å²) in [4.78, 5) is 4.56. The molecule has 5 rings (SSSR count). The van der Waals surface area contributed by atoms with E-state index in [9.17, 15) is 5.11 Å². The molecule has 1 aliphatic heterocycles. The van der Waals surface area contributed by atoms with Gasteiger partial charge < -0.3 is 15.0 Å². The molecule has 6 heteroatoms. The Morgan fingerprint density at radius 2 is 1.81 bits per heavy atom. The number of halogens is 2. The van der Waals surface area contributed by atoms with E-state index in [1.165, 1.54) is 22.3 Å². The molecule has 136 valence electrons. The summed E-state index contributed by atoms with van der Waals surface area (Å²) >= 11 is 0. The molecule has 0 bridgehead atoms. The van der Waals surface area contributed by atoms with E-state index < -0.39 is 0 Å². The molecule has 1 saturated heterocycles. The van der Waals surface area contributed by atoms with Crippen LogP contribution in [0, 0.1) is 0 Å². The molecule has 0 amide bonds. The number of nitrogens with one attached hydrogen (secondary N) is 1. The van der Waals surface area contributed by atoms with Gasteiger partial charge in [-0.25, -0.2) is 4.98 Å². The maximum atomic E-state index is 10.2. The van der Waals surface area contributed by atoms with E-state index in [0.29, 0.717) is 6.54 Å². The van der Waals surface area contributed by atoms with E-state index in [0.717, 1.165) is 24.4 Å². The van der Waals surface area contributed by atoms with Crippen molar-refractivity contribution < 1.29 is 5.11 Å². The van der Waals surface area contributed by atoms with Gasteiger partial charge in [0.15, 0.2) is 0 Å². The van der Waals surface area contributed by atoms with Crippen molar-refractivity contribution in [2.75, 3.05) is 13.1 Å². The predicted octanol–water partition coefficient (Wildman–Crippen LogP) is 3.47. The third kappa shape index (κ3) is 2.93. The van der Waals surface area contributed by atoms with Gasteiger partial charge in [0.05, 0.1) is 12.1 Å². The molecule has 2 aliphatic rings. The van der Waals surface area contributed by atoms with Crippen molar-refractivity contribution in [3.05, 3.63) is 66.0 Å². The second-order valence-corrected chi connectivity index (χ2v) is 6.66. The van der Waals surface area contributed by atoms with Crippen LogP contribution in [0.3, 0.4) is 0 Å². The molecule has 1 aromatic heterocycles. The molecule has 1 fully saturated rings. The first-order valence-corrected chi connectivity index (χ1v) is 8.44. The van der Waals surface area contributed by atoms with Crippen molar-refractivity contribution >= 4 is 24.8 Å². The van der Waals surface area contributed by atoms with Crippen molar-refractivity contribution in [3.63, 3.8) is 0 Å². The smallest absolute Gasteiger partial charge is 0.140 e. The minimum absolute atomic E-state index is 0. The average Bonchev–Trinajstić information content (AvgIpc) is 3.31. The minimum Gasteiger partial charge on any atom is -0.390 e. The van der Waals surface area contributed by atoms with Gasteiger partial charge in [-0.2, -0.15) is 0 Å². The summed E-state index contributed by atoms with van der Waals surface area (Å²) in [5.41, 5.74) is 6.54. The van der Waals surface area contributed by atoms with Crippen molar-refractivity contribution in [2.24, 2.45) is 0 Å². The van der Waals surface area contributed by atoms with Crippen LogP contribution in [0.5, 0.6) is 0 Å². The fraction of sp³-hybridized carbons (Fsp3) is 0.250. The van der Waals surface area contributed by atoms with Crippen LogP contribution in [0.1, 0.15) is 17.2 Å². The molecule has 2 heterocycles. The molecule has 2 aromatic carbocycles. The molecule has 0 radical (unpaired) electrons. The van der Waals surface area contributed by atoms with E-state index in [1.54, 1.807) is 0 Å². The number of rotatable bonds is 2. The van der Waals surface area contributed by atoms with Gasteiger partial charge in [-0.1, -0.05) is 36.4 Å². The Balaban J connectivity index is 0.000000980. The van der Waals surface area contributed by atoms with E-state index in [4.69, 9.17) is 0 Å². The lowest BCUT2D eigenvalue weighted by atomic mass is 10.0. The Labute approximate surface area is 165 Å². The van der Waals surface area contributed by atoms with Crippen LogP contribution in [0.25, 0.3) is 22.5 Å². The van der Waals surface area contributed by atoms with E-state index in [1.807, 2.05) is 12.4 Å². The Bertz CT molecular complexity index is 925. The van der Waals surface area contributed by atoms with Crippen LogP contribution in [0.15, 0.2) is 54.9 Å². The number of aliphatic hydroxyl groups excluding tert-OH is 1. The molecular weight excluding hydrogens is 369 g/mol. The van der Waals surface area contributed by atoms with E-state index >= 15 is 0 Å². The van der Waals surface area contributed by atoms with Crippen LogP contribution in [-0.2, 0) is 6.42 Å². The van der Waals surface area contributed by atoms with Crippen molar-refractivity contribution in [2.45, 2.75) is 18.6 Å². The molecule has 0 saturated carbocycles. The highest BCUT2D eigenvalue weighted by Crippen LogP contribution is 2.38. The third-order valence-electron chi connectivity index (χ3n) is 5.23. The van der Waals surface area contributed by atoms with Crippen LogP contribution in [0.2, 0.25) is 0 Å². The maximum Gasteiger partial charge on any atom is 0.140 e.